The van der Waals surface area contributed by atoms with Gasteiger partial charge < -0.3 is 9.29 Å². The van der Waals surface area contributed by atoms with Crippen molar-refractivity contribution in [2.45, 2.75) is 13.8 Å². The maximum atomic E-state index is 12.2. The van der Waals surface area contributed by atoms with E-state index in [4.69, 9.17) is 0 Å². The minimum Gasteiger partial charge on any atom is -0.760 e. The number of carbonyl (C=O) groups is 1. The van der Waals surface area contributed by atoms with Crippen LogP contribution in [-0.4, -0.2) is 27.9 Å². The Kier molecular flexibility index (Phi) is 5.63. The fourth-order valence-corrected chi connectivity index (χ4v) is 1.15. The van der Waals surface area contributed by atoms with Gasteiger partial charge in [0.25, 0.3) is 0 Å². The third-order valence-electron chi connectivity index (χ3n) is 1.48. The number of hydrogen-bond donors (Lipinski definition) is 1. The number of rotatable bonds is 6. The second-order valence-corrected chi connectivity index (χ2v) is 4.46. The first-order chi connectivity index (χ1) is 6.74. The summed E-state index contributed by atoms with van der Waals surface area (Å²) in [5.41, 5.74) is -0.606. The zero-order chi connectivity index (χ0) is 12.1. The SMILES string of the molecule is C=C(F)C(=O)OCC(C)(C)CNS(=O)[O-]. The molecule has 0 aromatic heterocycles. The molecular formula is C8H13FNO4S-. The third-order valence-corrected chi connectivity index (χ3v) is 1.86. The molecule has 15 heavy (non-hydrogen) atoms. The zero-order valence-corrected chi connectivity index (χ0v) is 9.36. The topological polar surface area (TPSA) is 78.5 Å². The van der Waals surface area contributed by atoms with Crippen molar-refractivity contribution in [2.75, 3.05) is 13.2 Å². The average Bonchev–Trinajstić information content (AvgIpc) is 2.11. The van der Waals surface area contributed by atoms with E-state index in [9.17, 15) is 17.9 Å². The van der Waals surface area contributed by atoms with Crippen molar-refractivity contribution in [1.29, 1.82) is 0 Å². The van der Waals surface area contributed by atoms with Gasteiger partial charge in [-0.15, -0.1) is 0 Å². The van der Waals surface area contributed by atoms with Crippen LogP contribution >= 0.6 is 0 Å². The second-order valence-electron chi connectivity index (χ2n) is 3.70. The van der Waals surface area contributed by atoms with Crippen LogP contribution in [0.15, 0.2) is 12.4 Å². The molecular weight excluding hydrogens is 225 g/mol. The van der Waals surface area contributed by atoms with Gasteiger partial charge in [-0.05, 0) is 0 Å². The monoisotopic (exact) mass is 238 g/mol. The first-order valence-electron chi connectivity index (χ1n) is 4.09. The van der Waals surface area contributed by atoms with Crippen molar-refractivity contribution in [3.05, 3.63) is 12.4 Å². The predicted molar refractivity (Wildman–Crippen MR) is 51.9 cm³/mol. The molecule has 0 rings (SSSR count). The Bertz CT molecular complexity index is 280. The molecule has 0 aromatic rings. The molecule has 0 radical (unpaired) electrons. The first kappa shape index (κ1) is 14.2. The highest BCUT2D eigenvalue weighted by Crippen LogP contribution is 2.14. The average molecular weight is 238 g/mol. The Labute approximate surface area is 90.1 Å². The van der Waals surface area contributed by atoms with Gasteiger partial charge in [0.2, 0.25) is 5.83 Å². The Morgan fingerprint density at radius 1 is 1.67 bits per heavy atom. The minimum atomic E-state index is -2.37. The summed E-state index contributed by atoms with van der Waals surface area (Å²) in [6.07, 6.45) is 0. The molecule has 0 aromatic carbocycles. The van der Waals surface area contributed by atoms with E-state index in [1.165, 1.54) is 0 Å². The van der Waals surface area contributed by atoms with Gasteiger partial charge >= 0.3 is 5.97 Å². The van der Waals surface area contributed by atoms with Gasteiger partial charge in [-0.3, -0.25) is 4.21 Å². The highest BCUT2D eigenvalue weighted by molar-refractivity contribution is 7.77. The molecule has 5 nitrogen and oxygen atoms in total. The molecule has 0 spiro atoms. The molecule has 0 aliphatic heterocycles. The highest BCUT2D eigenvalue weighted by Gasteiger charge is 2.21. The van der Waals surface area contributed by atoms with E-state index in [-0.39, 0.29) is 13.2 Å². The van der Waals surface area contributed by atoms with Crippen LogP contribution in [0.2, 0.25) is 0 Å². The van der Waals surface area contributed by atoms with E-state index < -0.39 is 28.5 Å². The number of ether oxygens (including phenoxy) is 1. The quantitative estimate of drug-likeness (QED) is 0.413. The number of halogens is 1. The van der Waals surface area contributed by atoms with Gasteiger partial charge in [0, 0.05) is 23.2 Å². The summed E-state index contributed by atoms with van der Waals surface area (Å²) >= 11 is -2.37. The lowest BCUT2D eigenvalue weighted by atomic mass is 9.95. The maximum absolute atomic E-state index is 12.2. The summed E-state index contributed by atoms with van der Waals surface area (Å²) in [7, 11) is 0. The number of hydrogen-bond acceptors (Lipinski definition) is 4. The van der Waals surface area contributed by atoms with Crippen LogP contribution in [0.4, 0.5) is 4.39 Å². The zero-order valence-electron chi connectivity index (χ0n) is 8.54. The molecule has 1 N–H and O–H groups in total. The molecule has 0 saturated heterocycles. The molecule has 0 amide bonds. The fourth-order valence-electron chi connectivity index (χ4n) is 0.645. The van der Waals surface area contributed by atoms with Crippen molar-refractivity contribution in [3.8, 4) is 0 Å². The van der Waals surface area contributed by atoms with E-state index in [1.807, 2.05) is 0 Å². The number of carbonyl (C=O) groups excluding carboxylic acids is 1. The van der Waals surface area contributed by atoms with Crippen LogP contribution in [0.25, 0.3) is 0 Å². The van der Waals surface area contributed by atoms with Gasteiger partial charge in [-0.1, -0.05) is 20.4 Å². The van der Waals surface area contributed by atoms with Crippen LogP contribution in [0.5, 0.6) is 0 Å². The summed E-state index contributed by atoms with van der Waals surface area (Å²) in [5, 5.41) is 0. The summed E-state index contributed by atoms with van der Waals surface area (Å²) in [6, 6.07) is 0. The van der Waals surface area contributed by atoms with Gasteiger partial charge in [-0.25, -0.2) is 9.52 Å². The lowest BCUT2D eigenvalue weighted by molar-refractivity contribution is -0.143. The maximum Gasteiger partial charge on any atom is 0.366 e. The molecule has 7 heteroatoms. The standard InChI is InChI=1S/C8H14FNO4S/c1-6(9)7(11)14-5-8(2,3)4-10-15(12)13/h10H,1,4-5H2,2-3H3,(H,12,13)/p-1. The molecule has 1 unspecified atom stereocenters. The van der Waals surface area contributed by atoms with Crippen LogP contribution in [0.1, 0.15) is 13.8 Å². The van der Waals surface area contributed by atoms with Crippen LogP contribution in [0, 0.1) is 5.41 Å². The van der Waals surface area contributed by atoms with E-state index in [0.717, 1.165) is 0 Å². The smallest absolute Gasteiger partial charge is 0.366 e. The summed E-state index contributed by atoms with van der Waals surface area (Å²) in [4.78, 5) is 10.7. The van der Waals surface area contributed by atoms with E-state index in [1.54, 1.807) is 13.8 Å². The number of esters is 1. The third kappa shape index (κ3) is 7.18. The Hall–Kier alpha value is -0.790. The largest absolute Gasteiger partial charge is 0.760 e. The molecule has 0 aliphatic rings. The van der Waals surface area contributed by atoms with Gasteiger partial charge in [0.15, 0.2) is 0 Å². The minimum absolute atomic E-state index is 0.0924. The van der Waals surface area contributed by atoms with Gasteiger partial charge in [0.05, 0.1) is 6.61 Å². The van der Waals surface area contributed by atoms with Crippen molar-refractivity contribution in [1.82, 2.24) is 4.72 Å². The van der Waals surface area contributed by atoms with Crippen molar-refractivity contribution >= 4 is 17.2 Å². The summed E-state index contributed by atoms with van der Waals surface area (Å²) < 4.78 is 39.3. The number of nitrogens with one attached hydrogen (secondary N) is 1. The normalized spacial score (nSPS) is 13.3. The molecule has 88 valence electrons. The van der Waals surface area contributed by atoms with E-state index in [0.29, 0.717) is 0 Å². The van der Waals surface area contributed by atoms with Crippen molar-refractivity contribution in [2.24, 2.45) is 5.41 Å². The highest BCUT2D eigenvalue weighted by atomic mass is 32.2. The Morgan fingerprint density at radius 2 is 2.20 bits per heavy atom. The first-order valence-corrected chi connectivity index (χ1v) is 5.16. The van der Waals surface area contributed by atoms with E-state index >= 15 is 0 Å². The molecule has 0 bridgehead atoms. The summed E-state index contributed by atoms with van der Waals surface area (Å²) in [6.45, 7) is 6.10. The fraction of sp³-hybridized carbons (Fsp3) is 0.625. The van der Waals surface area contributed by atoms with Gasteiger partial charge in [-0.2, -0.15) is 4.39 Å². The Morgan fingerprint density at radius 3 is 2.60 bits per heavy atom. The van der Waals surface area contributed by atoms with E-state index in [2.05, 4.69) is 16.0 Å². The predicted octanol–water partition coefficient (Wildman–Crippen LogP) is 0.423. The molecule has 0 fully saturated rings. The van der Waals surface area contributed by atoms with Crippen LogP contribution < -0.4 is 4.72 Å². The van der Waals surface area contributed by atoms with Gasteiger partial charge in [0.1, 0.15) is 0 Å². The Balaban J connectivity index is 3.98. The molecule has 1 atom stereocenters. The molecule has 0 heterocycles. The molecule has 0 saturated carbocycles. The van der Waals surface area contributed by atoms with Crippen molar-refractivity contribution in [3.63, 3.8) is 0 Å². The lowest BCUT2D eigenvalue weighted by Crippen LogP contribution is -2.34. The second kappa shape index (κ2) is 5.94. The van der Waals surface area contributed by atoms with Crippen LogP contribution in [-0.2, 0) is 20.8 Å². The molecule has 0 aliphatic carbocycles. The summed E-state index contributed by atoms with van der Waals surface area (Å²) in [5.74, 6) is -2.31. The van der Waals surface area contributed by atoms with Crippen molar-refractivity contribution < 1.29 is 22.7 Å². The van der Waals surface area contributed by atoms with Crippen LogP contribution in [0.3, 0.4) is 0 Å². The lowest BCUT2D eigenvalue weighted by Gasteiger charge is -2.24.